The van der Waals surface area contributed by atoms with Crippen LogP contribution in [-0.4, -0.2) is 58.5 Å². The van der Waals surface area contributed by atoms with Crippen LogP contribution in [0.4, 0.5) is 0 Å². The van der Waals surface area contributed by atoms with Crippen LogP contribution in [0.3, 0.4) is 0 Å². The highest BCUT2D eigenvalue weighted by Gasteiger charge is 2.16. The molecule has 5 heteroatoms. The maximum absolute atomic E-state index is 12.6. The number of aryl methyl sites for hydroxylation is 2. The fourth-order valence-electron chi connectivity index (χ4n) is 3.25. The molecule has 1 aromatic heterocycles. The molecule has 0 bridgehead atoms. The molecule has 1 amide bonds. The molecule has 3 rings (SSSR count). The second-order valence-electron chi connectivity index (χ2n) is 6.55. The van der Waals surface area contributed by atoms with E-state index in [1.807, 2.05) is 48.7 Å². The summed E-state index contributed by atoms with van der Waals surface area (Å²) >= 11 is 0. The predicted octanol–water partition coefficient (Wildman–Crippen LogP) is 2.44. The molecule has 1 aliphatic rings. The molecule has 0 N–H and O–H groups in total. The number of likely N-dealkylation sites (tertiary alicyclic amines) is 1. The molecular weight excluding hydrogens is 288 g/mol. The van der Waals surface area contributed by atoms with Gasteiger partial charge in [-0.15, -0.1) is 0 Å². The number of likely N-dealkylation sites (N-methyl/N-ethyl adjacent to an activating group) is 1. The number of piperidine rings is 1. The quantitative estimate of drug-likeness (QED) is 0.870. The molecule has 1 fully saturated rings. The van der Waals surface area contributed by atoms with Crippen molar-refractivity contribution < 1.29 is 4.79 Å². The highest BCUT2D eigenvalue weighted by molar-refractivity contribution is 5.97. The standard InChI is InChI=1S/C18H26N4O/c1-14-19-16-13-15(7-8-17(16)21(14)3)18(23)20(2)11-12-22-9-5-4-6-10-22/h7-8,13H,4-6,9-12H2,1-3H3. The van der Waals surface area contributed by atoms with Crippen molar-refractivity contribution in [2.75, 3.05) is 33.2 Å². The van der Waals surface area contributed by atoms with E-state index in [1.54, 1.807) is 0 Å². The Labute approximate surface area is 137 Å². The monoisotopic (exact) mass is 314 g/mol. The summed E-state index contributed by atoms with van der Waals surface area (Å²) in [4.78, 5) is 21.4. The van der Waals surface area contributed by atoms with Crippen molar-refractivity contribution >= 4 is 16.9 Å². The molecule has 0 spiro atoms. The first-order valence-corrected chi connectivity index (χ1v) is 8.47. The van der Waals surface area contributed by atoms with E-state index < -0.39 is 0 Å². The number of hydrogen-bond donors (Lipinski definition) is 0. The van der Waals surface area contributed by atoms with Crippen LogP contribution in [-0.2, 0) is 7.05 Å². The summed E-state index contributed by atoms with van der Waals surface area (Å²) in [5.74, 6) is 1.04. The van der Waals surface area contributed by atoms with Crippen LogP contribution in [0.15, 0.2) is 18.2 Å². The summed E-state index contributed by atoms with van der Waals surface area (Å²) in [6, 6.07) is 5.80. The van der Waals surface area contributed by atoms with Gasteiger partial charge in [0.2, 0.25) is 0 Å². The van der Waals surface area contributed by atoms with Crippen LogP contribution in [0.2, 0.25) is 0 Å². The Morgan fingerprint density at radius 2 is 2.00 bits per heavy atom. The lowest BCUT2D eigenvalue weighted by Gasteiger charge is -2.28. The van der Waals surface area contributed by atoms with E-state index in [0.717, 1.165) is 35.5 Å². The number of nitrogens with zero attached hydrogens (tertiary/aromatic N) is 4. The second kappa shape index (κ2) is 6.71. The number of fused-ring (bicyclic) bond motifs is 1. The number of hydrogen-bond acceptors (Lipinski definition) is 3. The lowest BCUT2D eigenvalue weighted by Crippen LogP contribution is -2.38. The Hall–Kier alpha value is -1.88. The van der Waals surface area contributed by atoms with Crippen molar-refractivity contribution in [1.82, 2.24) is 19.4 Å². The Bertz CT molecular complexity index is 700. The molecule has 5 nitrogen and oxygen atoms in total. The number of amides is 1. The first-order valence-electron chi connectivity index (χ1n) is 8.47. The number of carbonyl (C=O) groups is 1. The minimum Gasteiger partial charge on any atom is -0.340 e. The number of benzene rings is 1. The lowest BCUT2D eigenvalue weighted by atomic mass is 10.1. The number of carbonyl (C=O) groups excluding carboxylic acids is 1. The van der Waals surface area contributed by atoms with Crippen molar-refractivity contribution in [3.05, 3.63) is 29.6 Å². The molecule has 2 heterocycles. The molecular formula is C18H26N4O. The van der Waals surface area contributed by atoms with E-state index in [9.17, 15) is 4.79 Å². The van der Waals surface area contributed by atoms with E-state index in [-0.39, 0.29) is 5.91 Å². The third kappa shape index (κ3) is 3.39. The molecule has 1 aliphatic heterocycles. The number of rotatable bonds is 4. The molecule has 0 saturated carbocycles. The maximum Gasteiger partial charge on any atom is 0.253 e. The van der Waals surface area contributed by atoms with Crippen LogP contribution < -0.4 is 0 Å². The van der Waals surface area contributed by atoms with Gasteiger partial charge in [-0.1, -0.05) is 6.42 Å². The summed E-state index contributed by atoms with van der Waals surface area (Å²) in [5.41, 5.74) is 2.67. The maximum atomic E-state index is 12.6. The zero-order valence-electron chi connectivity index (χ0n) is 14.4. The molecule has 0 atom stereocenters. The Balaban J connectivity index is 1.66. The fraction of sp³-hybridized carbons (Fsp3) is 0.556. The molecule has 124 valence electrons. The Morgan fingerprint density at radius 3 is 2.74 bits per heavy atom. The minimum absolute atomic E-state index is 0.0761. The molecule has 23 heavy (non-hydrogen) atoms. The van der Waals surface area contributed by atoms with Gasteiger partial charge in [0, 0.05) is 32.7 Å². The normalized spacial score (nSPS) is 16.0. The van der Waals surface area contributed by atoms with Crippen molar-refractivity contribution in [2.24, 2.45) is 7.05 Å². The lowest BCUT2D eigenvalue weighted by molar-refractivity contribution is 0.0773. The van der Waals surface area contributed by atoms with Gasteiger partial charge in [-0.3, -0.25) is 4.79 Å². The van der Waals surface area contributed by atoms with Gasteiger partial charge in [0.15, 0.2) is 0 Å². The molecule has 0 aliphatic carbocycles. The predicted molar refractivity (Wildman–Crippen MR) is 92.7 cm³/mol. The molecule has 2 aromatic rings. The van der Waals surface area contributed by atoms with E-state index in [4.69, 9.17) is 0 Å². The van der Waals surface area contributed by atoms with E-state index in [2.05, 4.69) is 9.88 Å². The molecule has 1 aromatic carbocycles. The number of aromatic nitrogens is 2. The third-order valence-electron chi connectivity index (χ3n) is 4.90. The van der Waals surface area contributed by atoms with E-state index >= 15 is 0 Å². The third-order valence-corrected chi connectivity index (χ3v) is 4.90. The van der Waals surface area contributed by atoms with Crippen molar-refractivity contribution in [1.29, 1.82) is 0 Å². The Kier molecular flexibility index (Phi) is 4.66. The zero-order chi connectivity index (χ0) is 16.4. The summed E-state index contributed by atoms with van der Waals surface area (Å²) in [6.45, 7) is 6.06. The summed E-state index contributed by atoms with van der Waals surface area (Å²) in [5, 5.41) is 0. The van der Waals surface area contributed by atoms with Gasteiger partial charge >= 0.3 is 0 Å². The molecule has 0 radical (unpaired) electrons. The SMILES string of the molecule is Cc1nc2cc(C(=O)N(C)CCN3CCCCC3)ccc2n1C. The van der Waals surface area contributed by atoms with Crippen LogP contribution >= 0.6 is 0 Å². The summed E-state index contributed by atoms with van der Waals surface area (Å²) < 4.78 is 2.05. The highest BCUT2D eigenvalue weighted by atomic mass is 16.2. The zero-order valence-corrected chi connectivity index (χ0v) is 14.4. The van der Waals surface area contributed by atoms with Gasteiger partial charge in [0.05, 0.1) is 11.0 Å². The van der Waals surface area contributed by atoms with E-state index in [1.165, 1.54) is 32.4 Å². The van der Waals surface area contributed by atoms with Gasteiger partial charge in [-0.25, -0.2) is 4.98 Å². The summed E-state index contributed by atoms with van der Waals surface area (Å²) in [6.07, 6.45) is 3.91. The van der Waals surface area contributed by atoms with Gasteiger partial charge in [-0.05, 0) is 51.1 Å². The van der Waals surface area contributed by atoms with Crippen LogP contribution in [0, 0.1) is 6.92 Å². The van der Waals surface area contributed by atoms with Gasteiger partial charge < -0.3 is 14.4 Å². The minimum atomic E-state index is 0.0761. The van der Waals surface area contributed by atoms with Gasteiger partial charge in [-0.2, -0.15) is 0 Å². The first kappa shape index (κ1) is 16.0. The van der Waals surface area contributed by atoms with Gasteiger partial charge in [0.25, 0.3) is 5.91 Å². The molecule has 0 unspecified atom stereocenters. The van der Waals surface area contributed by atoms with Crippen LogP contribution in [0.1, 0.15) is 35.4 Å². The highest BCUT2D eigenvalue weighted by Crippen LogP contribution is 2.17. The summed E-state index contributed by atoms with van der Waals surface area (Å²) in [7, 11) is 3.89. The van der Waals surface area contributed by atoms with Crippen LogP contribution in [0.25, 0.3) is 11.0 Å². The largest absolute Gasteiger partial charge is 0.340 e. The Morgan fingerprint density at radius 1 is 1.26 bits per heavy atom. The van der Waals surface area contributed by atoms with Gasteiger partial charge in [0.1, 0.15) is 5.82 Å². The second-order valence-corrected chi connectivity index (χ2v) is 6.55. The smallest absolute Gasteiger partial charge is 0.253 e. The van der Waals surface area contributed by atoms with Crippen molar-refractivity contribution in [3.8, 4) is 0 Å². The fourth-order valence-corrected chi connectivity index (χ4v) is 3.25. The first-order chi connectivity index (χ1) is 11.1. The van der Waals surface area contributed by atoms with Crippen molar-refractivity contribution in [2.45, 2.75) is 26.2 Å². The average Bonchev–Trinajstić information content (AvgIpc) is 2.86. The topological polar surface area (TPSA) is 41.4 Å². The number of imidazole rings is 1. The van der Waals surface area contributed by atoms with E-state index in [0.29, 0.717) is 0 Å². The van der Waals surface area contributed by atoms with Crippen molar-refractivity contribution in [3.63, 3.8) is 0 Å². The van der Waals surface area contributed by atoms with Crippen LogP contribution in [0.5, 0.6) is 0 Å². The average molecular weight is 314 g/mol. The molecule has 1 saturated heterocycles.